The molecule has 0 atom stereocenters. The van der Waals surface area contributed by atoms with Crippen molar-refractivity contribution in [2.75, 3.05) is 0 Å². The minimum Gasteiger partial charge on any atom is -0.234 e. The fourth-order valence-electron chi connectivity index (χ4n) is 5.07. The molecule has 1 aromatic rings. The van der Waals surface area contributed by atoms with Crippen molar-refractivity contribution in [3.63, 3.8) is 0 Å². The van der Waals surface area contributed by atoms with E-state index in [0.717, 1.165) is 0 Å². The molecule has 0 radical (unpaired) electrons. The van der Waals surface area contributed by atoms with Crippen molar-refractivity contribution in [3.8, 4) is 0 Å². The average molecular weight is 462 g/mol. The van der Waals surface area contributed by atoms with Crippen LogP contribution < -0.4 is 4.57 Å². The largest absolute Gasteiger partial charge is 0.256 e. The first-order valence-corrected chi connectivity index (χ1v) is 15.4. The third-order valence-corrected chi connectivity index (χ3v) is 7.35. The van der Waals surface area contributed by atoms with Crippen molar-refractivity contribution in [2.45, 2.75) is 182 Å². The summed E-state index contributed by atoms with van der Waals surface area (Å²) >= 11 is 0. The summed E-state index contributed by atoms with van der Waals surface area (Å²) in [6.45, 7) is 9.34. The second kappa shape index (κ2) is 23.0. The monoisotopic (exact) mass is 461 g/mol. The Bertz CT molecular complexity index is 519. The molecule has 1 aromatic heterocycles. The number of aryl methyl sites for hydroxylation is 2. The first-order chi connectivity index (χ1) is 16.3. The molecule has 0 unspecified atom stereocenters. The topological polar surface area (TPSA) is 8.81 Å². The molecule has 1 heterocycles. The number of nitrogens with zero attached hydrogens (tertiary/aromatic N) is 2. The smallest absolute Gasteiger partial charge is 0.234 e. The summed E-state index contributed by atoms with van der Waals surface area (Å²) in [5, 5.41) is 0. The van der Waals surface area contributed by atoms with Gasteiger partial charge in [-0.1, -0.05) is 130 Å². The zero-order valence-electron chi connectivity index (χ0n) is 23.2. The van der Waals surface area contributed by atoms with Crippen molar-refractivity contribution in [1.29, 1.82) is 0 Å². The Labute approximate surface area is 208 Å². The van der Waals surface area contributed by atoms with Gasteiger partial charge in [-0.3, -0.25) is 0 Å². The molecule has 0 fully saturated rings. The molecule has 1 rings (SSSR count). The van der Waals surface area contributed by atoms with Crippen LogP contribution in [0.4, 0.5) is 0 Å². The lowest BCUT2D eigenvalue weighted by Crippen LogP contribution is -2.37. The lowest BCUT2D eigenvalue weighted by Gasteiger charge is -2.06. The molecule has 33 heavy (non-hydrogen) atoms. The molecule has 0 aromatic carbocycles. The molecule has 0 saturated carbocycles. The van der Waals surface area contributed by atoms with E-state index < -0.39 is 0 Å². The fraction of sp³-hybridized carbons (Fsp3) is 0.903. The standard InChI is InChI=1S/C31H61N2/c1-4-7-10-11-12-13-14-15-16-17-18-19-20-21-22-23-25-28-33-30-29-32(27-24-8-5-2)31(33)26-9-6-3/h29-30H,4-28H2,1-3H3/q+1. The molecule has 0 spiro atoms. The summed E-state index contributed by atoms with van der Waals surface area (Å²) in [6, 6.07) is 0. The second-order valence-electron chi connectivity index (χ2n) is 10.6. The average Bonchev–Trinajstić information content (AvgIpc) is 3.21. The summed E-state index contributed by atoms with van der Waals surface area (Å²) < 4.78 is 5.10. The van der Waals surface area contributed by atoms with E-state index in [0.29, 0.717) is 0 Å². The third-order valence-electron chi connectivity index (χ3n) is 7.35. The first-order valence-electron chi connectivity index (χ1n) is 15.4. The maximum absolute atomic E-state index is 2.56. The van der Waals surface area contributed by atoms with Crippen LogP contribution in [0.25, 0.3) is 0 Å². The van der Waals surface area contributed by atoms with E-state index in [1.54, 1.807) is 5.82 Å². The number of unbranched alkanes of at least 4 members (excludes halogenated alkanes) is 19. The zero-order chi connectivity index (χ0) is 23.8. The molecular formula is C31H61N2+. The molecule has 0 bridgehead atoms. The highest BCUT2D eigenvalue weighted by Crippen LogP contribution is 2.14. The van der Waals surface area contributed by atoms with E-state index in [-0.39, 0.29) is 0 Å². The summed E-state index contributed by atoms with van der Waals surface area (Å²) in [5.41, 5.74) is 0. The third kappa shape index (κ3) is 16.5. The molecule has 2 nitrogen and oxygen atoms in total. The van der Waals surface area contributed by atoms with Crippen LogP contribution in [0.5, 0.6) is 0 Å². The highest BCUT2D eigenvalue weighted by Gasteiger charge is 2.15. The molecule has 0 N–H and O–H groups in total. The second-order valence-corrected chi connectivity index (χ2v) is 10.6. The van der Waals surface area contributed by atoms with E-state index >= 15 is 0 Å². The van der Waals surface area contributed by atoms with Crippen LogP contribution in [0.2, 0.25) is 0 Å². The number of imidazole rings is 1. The van der Waals surface area contributed by atoms with Crippen LogP contribution in [0.15, 0.2) is 12.4 Å². The highest BCUT2D eigenvalue weighted by atomic mass is 15.1. The van der Waals surface area contributed by atoms with Crippen molar-refractivity contribution in [3.05, 3.63) is 18.2 Å². The SMILES string of the molecule is CCCCCCCCCCCCCCCCCCCn1cc[n+](CCCCC)c1CCCC. The van der Waals surface area contributed by atoms with Gasteiger partial charge in [0.05, 0.1) is 13.1 Å². The molecule has 0 aliphatic heterocycles. The van der Waals surface area contributed by atoms with E-state index in [1.165, 1.54) is 161 Å². The van der Waals surface area contributed by atoms with Gasteiger partial charge in [-0.25, -0.2) is 9.13 Å². The Morgan fingerprint density at radius 1 is 0.515 bits per heavy atom. The van der Waals surface area contributed by atoms with E-state index in [9.17, 15) is 0 Å². The normalized spacial score (nSPS) is 11.5. The van der Waals surface area contributed by atoms with E-state index in [2.05, 4.69) is 42.3 Å². The molecule has 0 aliphatic rings. The van der Waals surface area contributed by atoms with Gasteiger partial charge in [0.15, 0.2) is 0 Å². The summed E-state index contributed by atoms with van der Waals surface area (Å²) in [5.74, 6) is 1.57. The number of aromatic nitrogens is 2. The predicted molar refractivity (Wildman–Crippen MR) is 147 cm³/mol. The summed E-state index contributed by atoms with van der Waals surface area (Å²) in [4.78, 5) is 0. The quantitative estimate of drug-likeness (QED) is 0.101. The van der Waals surface area contributed by atoms with Gasteiger partial charge in [-0.15, -0.1) is 0 Å². The molecule has 0 amide bonds. The first kappa shape index (κ1) is 30.2. The summed E-state index contributed by atoms with van der Waals surface area (Å²) in [6.07, 6.45) is 37.2. The van der Waals surface area contributed by atoms with Crippen molar-refractivity contribution >= 4 is 0 Å². The Kier molecular flexibility index (Phi) is 21.1. The lowest BCUT2D eigenvalue weighted by atomic mass is 10.0. The van der Waals surface area contributed by atoms with Crippen LogP contribution in [-0.4, -0.2) is 4.57 Å². The lowest BCUT2D eigenvalue weighted by molar-refractivity contribution is -0.704. The van der Waals surface area contributed by atoms with Gasteiger partial charge in [0, 0.05) is 6.42 Å². The molecule has 2 heteroatoms. The number of hydrogen-bond acceptors (Lipinski definition) is 0. The van der Waals surface area contributed by atoms with E-state index in [4.69, 9.17) is 0 Å². The molecular weight excluding hydrogens is 400 g/mol. The highest BCUT2D eigenvalue weighted by molar-refractivity contribution is 4.84. The van der Waals surface area contributed by atoms with Crippen LogP contribution in [0.1, 0.15) is 168 Å². The van der Waals surface area contributed by atoms with Gasteiger partial charge < -0.3 is 0 Å². The van der Waals surface area contributed by atoms with Gasteiger partial charge in [-0.2, -0.15) is 0 Å². The predicted octanol–water partition coefficient (Wildman–Crippen LogP) is 9.96. The van der Waals surface area contributed by atoms with Gasteiger partial charge in [0.1, 0.15) is 12.4 Å². The van der Waals surface area contributed by atoms with Gasteiger partial charge >= 0.3 is 0 Å². The van der Waals surface area contributed by atoms with Gasteiger partial charge in [0.2, 0.25) is 0 Å². The minimum atomic E-state index is 1.21. The minimum absolute atomic E-state index is 1.21. The van der Waals surface area contributed by atoms with Crippen molar-refractivity contribution < 1.29 is 4.57 Å². The summed E-state index contributed by atoms with van der Waals surface area (Å²) in [7, 11) is 0. The Morgan fingerprint density at radius 2 is 0.939 bits per heavy atom. The van der Waals surface area contributed by atoms with Crippen LogP contribution in [0, 0.1) is 0 Å². The maximum Gasteiger partial charge on any atom is 0.256 e. The zero-order valence-corrected chi connectivity index (χ0v) is 23.2. The Balaban J connectivity index is 1.98. The van der Waals surface area contributed by atoms with Crippen molar-refractivity contribution in [1.82, 2.24) is 4.57 Å². The van der Waals surface area contributed by atoms with Crippen LogP contribution >= 0.6 is 0 Å². The maximum atomic E-state index is 2.56. The van der Waals surface area contributed by atoms with Crippen molar-refractivity contribution in [2.24, 2.45) is 0 Å². The fourth-order valence-corrected chi connectivity index (χ4v) is 5.07. The molecule has 194 valence electrons. The number of rotatable bonds is 25. The van der Waals surface area contributed by atoms with E-state index in [1.807, 2.05) is 0 Å². The molecule has 0 aliphatic carbocycles. The van der Waals surface area contributed by atoms with Gasteiger partial charge in [-0.05, 0) is 32.1 Å². The molecule has 0 saturated heterocycles. The number of hydrogen-bond donors (Lipinski definition) is 0. The Hall–Kier alpha value is -0.790. The van der Waals surface area contributed by atoms with Crippen LogP contribution in [-0.2, 0) is 19.5 Å². The van der Waals surface area contributed by atoms with Crippen LogP contribution in [0.3, 0.4) is 0 Å². The Morgan fingerprint density at radius 3 is 1.42 bits per heavy atom. The van der Waals surface area contributed by atoms with Gasteiger partial charge in [0.25, 0.3) is 5.82 Å².